The van der Waals surface area contributed by atoms with E-state index >= 15 is 0 Å². The van der Waals surface area contributed by atoms with E-state index in [2.05, 4.69) is 5.10 Å². The van der Waals surface area contributed by atoms with Crippen molar-refractivity contribution in [2.24, 2.45) is 5.10 Å². The van der Waals surface area contributed by atoms with Crippen LogP contribution in [0.2, 0.25) is 0 Å². The van der Waals surface area contributed by atoms with Crippen molar-refractivity contribution in [1.82, 2.24) is 9.31 Å². The van der Waals surface area contributed by atoms with Gasteiger partial charge < -0.3 is 9.47 Å². The van der Waals surface area contributed by atoms with E-state index in [1.807, 2.05) is 48.5 Å². The van der Waals surface area contributed by atoms with Crippen LogP contribution in [0.15, 0.2) is 53.6 Å². The zero-order valence-electron chi connectivity index (χ0n) is 18.9. The zero-order valence-corrected chi connectivity index (χ0v) is 19.8. The summed E-state index contributed by atoms with van der Waals surface area (Å²) in [7, 11) is -0.235. The number of piperidine rings is 1. The molecule has 33 heavy (non-hydrogen) atoms. The minimum atomic E-state index is -3.40. The number of rotatable bonds is 7. The quantitative estimate of drug-likeness (QED) is 0.619. The molecule has 9 heteroatoms. The normalized spacial score (nSPS) is 18.2. The molecule has 2 aromatic rings. The summed E-state index contributed by atoms with van der Waals surface area (Å²) in [5.41, 5.74) is 2.47. The number of carbonyl (C=O) groups excluding carboxylic acids is 1. The van der Waals surface area contributed by atoms with E-state index in [4.69, 9.17) is 9.47 Å². The van der Waals surface area contributed by atoms with Gasteiger partial charge in [0.25, 0.3) is 0 Å². The number of amides is 1. The van der Waals surface area contributed by atoms with Crippen molar-refractivity contribution in [3.8, 4) is 11.5 Å². The Bertz CT molecular complexity index is 1130. The van der Waals surface area contributed by atoms with E-state index in [1.54, 1.807) is 19.2 Å². The fourth-order valence-electron chi connectivity index (χ4n) is 4.32. The molecule has 1 fully saturated rings. The summed E-state index contributed by atoms with van der Waals surface area (Å²) in [4.78, 5) is 12.7. The largest absolute Gasteiger partial charge is 0.493 e. The molecule has 4 rings (SSSR count). The van der Waals surface area contributed by atoms with Crippen molar-refractivity contribution in [1.29, 1.82) is 0 Å². The highest BCUT2D eigenvalue weighted by molar-refractivity contribution is 7.88. The lowest BCUT2D eigenvalue weighted by molar-refractivity contribution is -0.134. The van der Waals surface area contributed by atoms with Gasteiger partial charge in [0.15, 0.2) is 11.5 Å². The highest BCUT2D eigenvalue weighted by atomic mass is 32.2. The Labute approximate surface area is 194 Å². The highest BCUT2D eigenvalue weighted by Gasteiger charge is 2.34. The van der Waals surface area contributed by atoms with E-state index in [1.165, 1.54) is 4.31 Å². The molecule has 2 aliphatic heterocycles. The Hall–Kier alpha value is -2.91. The van der Waals surface area contributed by atoms with Crippen molar-refractivity contribution in [2.45, 2.75) is 37.5 Å². The topological polar surface area (TPSA) is 88.5 Å². The third-order valence-electron chi connectivity index (χ3n) is 6.13. The standard InChI is InChI=1S/C24H29N3O5S/c1-31-22-10-8-19(16-23(22)32-2)21-9-11-24(28)27(25-21)20-12-14-26(15-13-20)33(29,30)17-18-6-4-3-5-7-18/h3-8,10,16,20H,9,11-15,17H2,1-2H3. The molecule has 0 saturated carbocycles. The van der Waals surface area contributed by atoms with E-state index in [-0.39, 0.29) is 17.7 Å². The van der Waals surface area contributed by atoms with Gasteiger partial charge in [-0.25, -0.2) is 17.7 Å². The van der Waals surface area contributed by atoms with Crippen LogP contribution in [0.4, 0.5) is 0 Å². The van der Waals surface area contributed by atoms with Gasteiger partial charge in [0.1, 0.15) is 0 Å². The third-order valence-corrected chi connectivity index (χ3v) is 7.98. The number of carbonyl (C=O) groups is 1. The van der Waals surface area contributed by atoms with Crippen LogP contribution in [-0.4, -0.2) is 62.7 Å². The summed E-state index contributed by atoms with van der Waals surface area (Å²) < 4.78 is 37.9. The molecule has 176 valence electrons. The summed E-state index contributed by atoms with van der Waals surface area (Å²) in [6.45, 7) is 0.760. The van der Waals surface area contributed by atoms with E-state index in [0.29, 0.717) is 50.3 Å². The molecule has 8 nitrogen and oxygen atoms in total. The minimum Gasteiger partial charge on any atom is -0.493 e. The van der Waals surface area contributed by atoms with Crippen molar-refractivity contribution >= 4 is 21.6 Å². The molecule has 0 radical (unpaired) electrons. The maximum absolute atomic E-state index is 12.8. The summed E-state index contributed by atoms with van der Waals surface area (Å²) >= 11 is 0. The maximum atomic E-state index is 12.8. The number of methoxy groups -OCH3 is 2. The first-order valence-corrected chi connectivity index (χ1v) is 12.7. The SMILES string of the molecule is COc1ccc(C2=NN(C3CCN(S(=O)(=O)Cc4ccccc4)CC3)C(=O)CC2)cc1OC. The second-order valence-corrected chi connectivity index (χ2v) is 10.2. The van der Waals surface area contributed by atoms with Gasteiger partial charge in [-0.2, -0.15) is 5.10 Å². The first-order chi connectivity index (χ1) is 15.9. The summed E-state index contributed by atoms with van der Waals surface area (Å²) in [6, 6.07) is 14.7. The Morgan fingerprint density at radius 3 is 2.33 bits per heavy atom. The second kappa shape index (κ2) is 9.93. The second-order valence-electron chi connectivity index (χ2n) is 8.23. The van der Waals surface area contributed by atoms with Crippen LogP contribution in [0.25, 0.3) is 0 Å². The predicted octanol–water partition coefficient (Wildman–Crippen LogP) is 3.02. The van der Waals surface area contributed by atoms with Crippen LogP contribution in [0.3, 0.4) is 0 Å². The van der Waals surface area contributed by atoms with Gasteiger partial charge in [-0.1, -0.05) is 30.3 Å². The van der Waals surface area contributed by atoms with Gasteiger partial charge in [-0.3, -0.25) is 4.79 Å². The molecule has 0 N–H and O–H groups in total. The Morgan fingerprint density at radius 1 is 0.970 bits per heavy atom. The van der Waals surface area contributed by atoms with Crippen LogP contribution < -0.4 is 9.47 Å². The fraction of sp³-hybridized carbons (Fsp3) is 0.417. The van der Waals surface area contributed by atoms with Gasteiger partial charge in [-0.05, 0) is 36.6 Å². The van der Waals surface area contributed by atoms with Gasteiger partial charge in [0.05, 0.1) is 31.7 Å². The van der Waals surface area contributed by atoms with Crippen molar-refractivity contribution in [3.05, 3.63) is 59.7 Å². The van der Waals surface area contributed by atoms with Crippen molar-refractivity contribution in [3.63, 3.8) is 0 Å². The number of benzene rings is 2. The van der Waals surface area contributed by atoms with Gasteiger partial charge in [0, 0.05) is 31.5 Å². The van der Waals surface area contributed by atoms with Gasteiger partial charge >= 0.3 is 0 Å². The first-order valence-electron chi connectivity index (χ1n) is 11.0. The fourth-order valence-corrected chi connectivity index (χ4v) is 5.88. The van der Waals surface area contributed by atoms with Crippen molar-refractivity contribution < 1.29 is 22.7 Å². The monoisotopic (exact) mass is 471 g/mol. The number of hydrogen-bond donors (Lipinski definition) is 0. The molecule has 0 spiro atoms. The molecular formula is C24H29N3O5S. The number of ether oxygens (including phenoxy) is 2. The molecule has 2 aliphatic rings. The lowest BCUT2D eigenvalue weighted by Crippen LogP contribution is -2.48. The van der Waals surface area contributed by atoms with Crippen molar-refractivity contribution in [2.75, 3.05) is 27.3 Å². The van der Waals surface area contributed by atoms with Crippen LogP contribution in [-0.2, 0) is 20.6 Å². The smallest absolute Gasteiger partial charge is 0.243 e. The molecule has 0 aliphatic carbocycles. The van der Waals surface area contributed by atoms with E-state index < -0.39 is 10.0 Å². The molecule has 0 aromatic heterocycles. The molecular weight excluding hydrogens is 442 g/mol. The predicted molar refractivity (Wildman–Crippen MR) is 126 cm³/mol. The van der Waals surface area contributed by atoms with Crippen LogP contribution in [0.1, 0.15) is 36.8 Å². The number of nitrogens with zero attached hydrogens (tertiary/aromatic N) is 3. The van der Waals surface area contributed by atoms with Crippen LogP contribution >= 0.6 is 0 Å². The number of hydrazone groups is 1. The molecule has 2 heterocycles. The van der Waals surface area contributed by atoms with E-state index in [9.17, 15) is 13.2 Å². The Balaban J connectivity index is 1.45. The average molecular weight is 472 g/mol. The van der Waals surface area contributed by atoms with Gasteiger partial charge in [0.2, 0.25) is 15.9 Å². The van der Waals surface area contributed by atoms with Gasteiger partial charge in [-0.15, -0.1) is 0 Å². The average Bonchev–Trinajstić information content (AvgIpc) is 2.84. The zero-order chi connectivity index (χ0) is 23.4. The minimum absolute atomic E-state index is 0.0112. The lowest BCUT2D eigenvalue weighted by Gasteiger charge is -2.37. The molecule has 2 aromatic carbocycles. The molecule has 0 atom stereocenters. The summed E-state index contributed by atoms with van der Waals surface area (Å²) in [5.74, 6) is 1.21. The molecule has 1 amide bonds. The summed E-state index contributed by atoms with van der Waals surface area (Å²) in [6.07, 6.45) is 2.04. The summed E-state index contributed by atoms with van der Waals surface area (Å²) in [5, 5.41) is 6.24. The molecule has 0 unspecified atom stereocenters. The van der Waals surface area contributed by atoms with E-state index in [0.717, 1.165) is 16.8 Å². The Kier molecular flexibility index (Phi) is 6.99. The number of sulfonamides is 1. The molecule has 1 saturated heterocycles. The third kappa shape index (κ3) is 5.20. The Morgan fingerprint density at radius 2 is 1.67 bits per heavy atom. The molecule has 0 bridgehead atoms. The van der Waals surface area contributed by atoms with Crippen LogP contribution in [0, 0.1) is 0 Å². The maximum Gasteiger partial charge on any atom is 0.243 e. The first kappa shape index (κ1) is 23.3. The van der Waals surface area contributed by atoms with Crippen LogP contribution in [0.5, 0.6) is 11.5 Å². The lowest BCUT2D eigenvalue weighted by atomic mass is 10.0. The highest BCUT2D eigenvalue weighted by Crippen LogP contribution is 2.30. The number of hydrogen-bond acceptors (Lipinski definition) is 6.